The third-order valence-electron chi connectivity index (χ3n) is 2.47. The molecule has 0 amide bonds. The molecule has 6 nitrogen and oxygen atoms in total. The third kappa shape index (κ3) is 3.04. The van der Waals surface area contributed by atoms with Crippen LogP contribution in [0.4, 0.5) is 5.95 Å². The minimum atomic E-state index is 0.127. The number of anilines is 1. The van der Waals surface area contributed by atoms with E-state index in [2.05, 4.69) is 10.1 Å². The van der Waals surface area contributed by atoms with E-state index in [1.54, 1.807) is 24.4 Å². The molecule has 2 aromatic rings. The van der Waals surface area contributed by atoms with Crippen LogP contribution in [0.3, 0.4) is 0 Å². The topological polar surface area (TPSA) is 85.7 Å². The summed E-state index contributed by atoms with van der Waals surface area (Å²) in [7, 11) is 0. The maximum atomic E-state index is 9.75. The summed E-state index contributed by atoms with van der Waals surface area (Å²) in [5.41, 5.74) is 7.00. The number of nitrogens with zero attached hydrogens (tertiary/aromatic N) is 3. The zero-order valence-electron chi connectivity index (χ0n) is 10.9. The van der Waals surface area contributed by atoms with Crippen LogP contribution in [0.1, 0.15) is 18.2 Å². The van der Waals surface area contributed by atoms with Crippen molar-refractivity contribution in [2.24, 2.45) is 5.10 Å². The molecule has 0 spiro atoms. The average Bonchev–Trinajstić information content (AvgIpc) is 2.69. The van der Waals surface area contributed by atoms with Crippen molar-refractivity contribution in [1.82, 2.24) is 9.66 Å². The van der Waals surface area contributed by atoms with E-state index in [1.807, 2.05) is 13.8 Å². The van der Waals surface area contributed by atoms with E-state index < -0.39 is 0 Å². The number of benzene rings is 1. The van der Waals surface area contributed by atoms with E-state index in [4.69, 9.17) is 10.5 Å². The number of aromatic hydroxyl groups is 1. The van der Waals surface area contributed by atoms with Gasteiger partial charge in [-0.05, 0) is 32.0 Å². The van der Waals surface area contributed by atoms with Crippen molar-refractivity contribution in [3.8, 4) is 11.5 Å². The molecule has 0 fully saturated rings. The molecule has 1 heterocycles. The largest absolute Gasteiger partial charge is 0.507 e. The predicted molar refractivity (Wildman–Crippen MR) is 73.6 cm³/mol. The number of nitrogen functional groups attached to an aromatic ring is 1. The molecule has 19 heavy (non-hydrogen) atoms. The van der Waals surface area contributed by atoms with Gasteiger partial charge in [0.2, 0.25) is 5.95 Å². The second kappa shape index (κ2) is 5.43. The Kier molecular flexibility index (Phi) is 3.70. The minimum absolute atomic E-state index is 0.127. The maximum absolute atomic E-state index is 9.75. The quantitative estimate of drug-likeness (QED) is 0.820. The molecule has 2 rings (SSSR count). The first-order valence-corrected chi connectivity index (χ1v) is 5.91. The van der Waals surface area contributed by atoms with Crippen LogP contribution in [0.15, 0.2) is 29.5 Å². The van der Waals surface area contributed by atoms with Crippen molar-refractivity contribution in [2.75, 3.05) is 12.3 Å². The maximum Gasteiger partial charge on any atom is 0.221 e. The molecule has 0 aliphatic carbocycles. The number of phenolic OH excluding ortho intramolecular Hbond substituents is 1. The zero-order valence-corrected chi connectivity index (χ0v) is 10.9. The monoisotopic (exact) mass is 260 g/mol. The molecule has 0 aliphatic rings. The average molecular weight is 260 g/mol. The Morgan fingerprint density at radius 1 is 1.53 bits per heavy atom. The number of phenols is 1. The molecular formula is C13H16N4O2. The highest BCUT2D eigenvalue weighted by atomic mass is 16.5. The van der Waals surface area contributed by atoms with Gasteiger partial charge >= 0.3 is 0 Å². The number of aryl methyl sites for hydroxylation is 1. The molecule has 0 atom stereocenters. The fraction of sp³-hybridized carbons (Fsp3) is 0.231. The highest BCUT2D eigenvalue weighted by Gasteiger charge is 2.02. The lowest BCUT2D eigenvalue weighted by Gasteiger charge is -2.05. The number of imidazole rings is 1. The fourth-order valence-electron chi connectivity index (χ4n) is 1.61. The smallest absolute Gasteiger partial charge is 0.221 e. The Hall–Kier alpha value is -2.50. The molecule has 1 aromatic carbocycles. The zero-order chi connectivity index (χ0) is 13.8. The van der Waals surface area contributed by atoms with Gasteiger partial charge in [-0.15, -0.1) is 0 Å². The first kappa shape index (κ1) is 12.9. The van der Waals surface area contributed by atoms with Crippen molar-refractivity contribution >= 4 is 12.2 Å². The van der Waals surface area contributed by atoms with E-state index in [1.165, 1.54) is 10.9 Å². The highest BCUT2D eigenvalue weighted by Crippen LogP contribution is 2.21. The van der Waals surface area contributed by atoms with Crippen LogP contribution in [0.2, 0.25) is 0 Å². The van der Waals surface area contributed by atoms with E-state index in [9.17, 15) is 5.11 Å². The van der Waals surface area contributed by atoms with Crippen LogP contribution in [-0.2, 0) is 0 Å². The van der Waals surface area contributed by atoms with Gasteiger partial charge < -0.3 is 15.6 Å². The van der Waals surface area contributed by atoms with E-state index in [0.717, 1.165) is 5.69 Å². The van der Waals surface area contributed by atoms with Crippen LogP contribution in [0.25, 0.3) is 0 Å². The first-order chi connectivity index (χ1) is 9.10. The molecular weight excluding hydrogens is 244 g/mol. The summed E-state index contributed by atoms with van der Waals surface area (Å²) in [6, 6.07) is 4.98. The minimum Gasteiger partial charge on any atom is -0.507 e. The predicted octanol–water partition coefficient (Wildman–Crippen LogP) is 1.76. The molecule has 0 saturated carbocycles. The van der Waals surface area contributed by atoms with Crippen molar-refractivity contribution in [2.45, 2.75) is 13.8 Å². The van der Waals surface area contributed by atoms with Gasteiger partial charge in [-0.25, -0.2) is 9.66 Å². The van der Waals surface area contributed by atoms with Crippen molar-refractivity contribution in [3.05, 3.63) is 35.7 Å². The van der Waals surface area contributed by atoms with Crippen molar-refractivity contribution < 1.29 is 9.84 Å². The molecule has 0 unspecified atom stereocenters. The van der Waals surface area contributed by atoms with Crippen LogP contribution in [0.5, 0.6) is 11.5 Å². The summed E-state index contributed by atoms with van der Waals surface area (Å²) < 4.78 is 6.81. The molecule has 100 valence electrons. The summed E-state index contributed by atoms with van der Waals surface area (Å²) in [6.45, 7) is 4.29. The summed E-state index contributed by atoms with van der Waals surface area (Å²) >= 11 is 0. The number of aromatic nitrogens is 2. The number of hydrogen-bond acceptors (Lipinski definition) is 5. The summed E-state index contributed by atoms with van der Waals surface area (Å²) in [5.74, 6) is 1.10. The standard InChI is InChI=1S/C13H16N4O2/c1-3-19-11-4-5-12(18)10(6-11)7-15-17-8-9(2)16-13(17)14/h4-8,18H,3H2,1-2H3,(H2,14,16). The molecule has 0 radical (unpaired) electrons. The SMILES string of the molecule is CCOc1ccc(O)c(C=Nn2cc(C)nc2N)c1. The second-order valence-corrected chi connectivity index (χ2v) is 3.98. The fourth-order valence-corrected chi connectivity index (χ4v) is 1.61. The van der Waals surface area contributed by atoms with Gasteiger partial charge in [0.05, 0.1) is 24.7 Å². The van der Waals surface area contributed by atoms with Crippen LogP contribution in [0, 0.1) is 6.92 Å². The van der Waals surface area contributed by atoms with Crippen molar-refractivity contribution in [1.29, 1.82) is 0 Å². The Balaban J connectivity index is 2.27. The Labute approximate surface area is 111 Å². The Bertz CT molecular complexity index is 605. The van der Waals surface area contributed by atoms with Crippen LogP contribution >= 0.6 is 0 Å². The van der Waals surface area contributed by atoms with Crippen LogP contribution in [-0.4, -0.2) is 27.6 Å². The van der Waals surface area contributed by atoms with E-state index in [-0.39, 0.29) is 5.75 Å². The number of hydrogen-bond donors (Lipinski definition) is 2. The van der Waals surface area contributed by atoms with Gasteiger partial charge in [-0.1, -0.05) is 0 Å². The molecule has 3 N–H and O–H groups in total. The summed E-state index contributed by atoms with van der Waals surface area (Å²) in [6.07, 6.45) is 3.21. The lowest BCUT2D eigenvalue weighted by Crippen LogP contribution is -1.97. The van der Waals surface area contributed by atoms with Crippen LogP contribution < -0.4 is 10.5 Å². The first-order valence-electron chi connectivity index (χ1n) is 5.91. The molecule has 0 bridgehead atoms. The number of ether oxygens (including phenoxy) is 1. The van der Waals surface area contributed by atoms with Crippen molar-refractivity contribution in [3.63, 3.8) is 0 Å². The van der Waals surface area contributed by atoms with Gasteiger partial charge in [-0.2, -0.15) is 5.10 Å². The number of rotatable bonds is 4. The third-order valence-corrected chi connectivity index (χ3v) is 2.47. The van der Waals surface area contributed by atoms with Gasteiger partial charge in [0, 0.05) is 5.56 Å². The van der Waals surface area contributed by atoms with Gasteiger partial charge in [-0.3, -0.25) is 0 Å². The Morgan fingerprint density at radius 2 is 2.32 bits per heavy atom. The lowest BCUT2D eigenvalue weighted by molar-refractivity contribution is 0.339. The molecule has 0 saturated heterocycles. The molecule has 0 aliphatic heterocycles. The van der Waals surface area contributed by atoms with Gasteiger partial charge in [0.1, 0.15) is 11.5 Å². The summed E-state index contributed by atoms with van der Waals surface area (Å²) in [5, 5.41) is 13.9. The van der Waals surface area contributed by atoms with Gasteiger partial charge in [0.15, 0.2) is 0 Å². The molecule has 1 aromatic heterocycles. The van der Waals surface area contributed by atoms with Gasteiger partial charge in [0.25, 0.3) is 0 Å². The lowest BCUT2D eigenvalue weighted by atomic mass is 10.2. The highest BCUT2D eigenvalue weighted by molar-refractivity contribution is 5.84. The Morgan fingerprint density at radius 3 is 2.95 bits per heavy atom. The molecule has 6 heteroatoms. The number of nitrogens with two attached hydrogens (primary N) is 1. The summed E-state index contributed by atoms with van der Waals surface area (Å²) in [4.78, 5) is 4.03. The van der Waals surface area contributed by atoms with E-state index >= 15 is 0 Å². The van der Waals surface area contributed by atoms with E-state index in [0.29, 0.717) is 23.9 Å². The second-order valence-electron chi connectivity index (χ2n) is 3.98. The normalized spacial score (nSPS) is 11.1.